The molecule has 2 heterocycles. The molecule has 0 saturated carbocycles. The number of piperazine rings is 1. The molecule has 3 aromatic rings. The number of aryl methyl sites for hydroxylation is 1. The third-order valence-electron chi connectivity index (χ3n) is 6.69. The number of methoxy groups -OCH3 is 1. The summed E-state index contributed by atoms with van der Waals surface area (Å²) in [5.74, 6) is -0.764. The molecule has 0 atom stereocenters. The van der Waals surface area contributed by atoms with Crippen LogP contribution in [0.3, 0.4) is 0 Å². The number of halogens is 2. The van der Waals surface area contributed by atoms with Gasteiger partial charge < -0.3 is 14.4 Å². The van der Waals surface area contributed by atoms with E-state index in [2.05, 4.69) is 10.00 Å². The summed E-state index contributed by atoms with van der Waals surface area (Å²) in [6.45, 7) is 9.09. The van der Waals surface area contributed by atoms with E-state index in [1.165, 1.54) is 36.1 Å². The first-order valence-electron chi connectivity index (χ1n) is 13.4. The maximum Gasteiger partial charge on any atom is 0.410 e. The van der Waals surface area contributed by atoms with Crippen LogP contribution in [0.25, 0.3) is 11.3 Å². The fourth-order valence-electron chi connectivity index (χ4n) is 4.59. The van der Waals surface area contributed by atoms with Gasteiger partial charge in [0.05, 0.1) is 19.3 Å². The quantitative estimate of drug-likeness (QED) is 0.401. The molecular formula is C30H36F2N4O4. The molecule has 0 unspecified atom stereocenters. The van der Waals surface area contributed by atoms with Crippen molar-refractivity contribution in [1.82, 2.24) is 19.6 Å². The number of rotatable bonds is 8. The summed E-state index contributed by atoms with van der Waals surface area (Å²) < 4.78 is 39.7. The van der Waals surface area contributed by atoms with E-state index in [9.17, 15) is 18.4 Å². The van der Waals surface area contributed by atoms with E-state index in [1.807, 2.05) is 20.8 Å². The van der Waals surface area contributed by atoms with Crippen LogP contribution in [0.2, 0.25) is 0 Å². The highest BCUT2D eigenvalue weighted by molar-refractivity contribution is 5.68. The number of carbonyl (C=O) groups is 1. The zero-order chi connectivity index (χ0) is 28.9. The second-order valence-corrected chi connectivity index (χ2v) is 10.9. The summed E-state index contributed by atoms with van der Waals surface area (Å²) in [7, 11) is 1.40. The molecule has 0 bridgehead atoms. The van der Waals surface area contributed by atoms with Crippen molar-refractivity contribution in [3.05, 3.63) is 81.6 Å². The molecule has 2 aromatic carbocycles. The predicted octanol–water partition coefficient (Wildman–Crippen LogP) is 4.73. The molecule has 1 saturated heterocycles. The molecule has 8 nitrogen and oxygen atoms in total. The van der Waals surface area contributed by atoms with Crippen LogP contribution < -0.4 is 10.3 Å². The maximum atomic E-state index is 14.5. The lowest BCUT2D eigenvalue weighted by Gasteiger charge is -2.35. The van der Waals surface area contributed by atoms with Crippen LogP contribution in [-0.4, -0.2) is 71.1 Å². The SMILES string of the molecule is COc1ccc(-c2cc(CCCN3CCN(C(=O)OC(C)(C)C)CC3)c(=O)n(Cc3ccc(F)cc3)n2)cc1F. The standard InChI is InChI=1S/C30H36F2N4O4/c1-30(2,3)40-29(38)35-16-14-34(15-17-35)13-5-6-23-19-26(22-9-12-27(39-4)25(32)18-22)33-36(28(23)37)20-21-7-10-24(31)11-8-21/h7-12,18-19H,5-6,13-17,20H2,1-4H3. The summed E-state index contributed by atoms with van der Waals surface area (Å²) in [5.41, 5.74) is 1.50. The minimum Gasteiger partial charge on any atom is -0.494 e. The molecule has 0 radical (unpaired) electrons. The van der Waals surface area contributed by atoms with E-state index in [1.54, 1.807) is 29.2 Å². The average molecular weight is 555 g/mol. The normalized spacial score (nSPS) is 14.3. The summed E-state index contributed by atoms with van der Waals surface area (Å²) in [4.78, 5) is 29.7. The molecule has 1 aliphatic rings. The number of benzene rings is 2. The molecule has 10 heteroatoms. The van der Waals surface area contributed by atoms with E-state index >= 15 is 0 Å². The van der Waals surface area contributed by atoms with Crippen molar-refractivity contribution in [1.29, 1.82) is 0 Å². The molecule has 1 amide bonds. The number of nitrogens with zero attached hydrogens (tertiary/aromatic N) is 4. The summed E-state index contributed by atoms with van der Waals surface area (Å²) >= 11 is 0. The maximum absolute atomic E-state index is 14.5. The Bertz CT molecular complexity index is 1380. The zero-order valence-electron chi connectivity index (χ0n) is 23.5. The van der Waals surface area contributed by atoms with Crippen molar-refractivity contribution in [2.75, 3.05) is 39.8 Å². The molecule has 214 valence electrons. The number of aromatic nitrogens is 2. The molecule has 4 rings (SSSR count). The van der Waals surface area contributed by atoms with Crippen molar-refractivity contribution in [3.8, 4) is 17.0 Å². The third-order valence-corrected chi connectivity index (χ3v) is 6.69. The Balaban J connectivity index is 1.47. The Morgan fingerprint density at radius 3 is 2.33 bits per heavy atom. The van der Waals surface area contributed by atoms with Crippen LogP contribution >= 0.6 is 0 Å². The fourth-order valence-corrected chi connectivity index (χ4v) is 4.59. The second-order valence-electron chi connectivity index (χ2n) is 10.9. The van der Waals surface area contributed by atoms with Gasteiger partial charge in [-0.25, -0.2) is 18.3 Å². The van der Waals surface area contributed by atoms with Gasteiger partial charge in [-0.2, -0.15) is 5.10 Å². The van der Waals surface area contributed by atoms with Gasteiger partial charge in [-0.1, -0.05) is 12.1 Å². The summed E-state index contributed by atoms with van der Waals surface area (Å²) in [5, 5.41) is 4.51. The van der Waals surface area contributed by atoms with Crippen molar-refractivity contribution >= 4 is 6.09 Å². The molecule has 40 heavy (non-hydrogen) atoms. The van der Waals surface area contributed by atoms with Crippen LogP contribution in [0.5, 0.6) is 5.75 Å². The lowest BCUT2D eigenvalue weighted by Crippen LogP contribution is -2.50. The minimum atomic E-state index is -0.529. The van der Waals surface area contributed by atoms with Gasteiger partial charge in [-0.3, -0.25) is 9.69 Å². The first-order valence-corrected chi connectivity index (χ1v) is 13.4. The van der Waals surface area contributed by atoms with Gasteiger partial charge in [-0.05, 0) is 82.1 Å². The van der Waals surface area contributed by atoms with Gasteiger partial charge in [-0.15, -0.1) is 0 Å². The van der Waals surface area contributed by atoms with Gasteiger partial charge in [0.15, 0.2) is 11.6 Å². The highest BCUT2D eigenvalue weighted by Gasteiger charge is 2.25. The Morgan fingerprint density at radius 2 is 1.70 bits per heavy atom. The Labute approximate surface area is 233 Å². The number of amides is 1. The average Bonchev–Trinajstić information content (AvgIpc) is 2.91. The van der Waals surface area contributed by atoms with Gasteiger partial charge in [0, 0.05) is 37.3 Å². The van der Waals surface area contributed by atoms with Gasteiger partial charge in [0.2, 0.25) is 0 Å². The number of ether oxygens (including phenoxy) is 2. The van der Waals surface area contributed by atoms with Crippen LogP contribution in [-0.2, 0) is 17.7 Å². The highest BCUT2D eigenvalue weighted by atomic mass is 19.1. The van der Waals surface area contributed by atoms with Gasteiger partial charge in [0.1, 0.15) is 11.4 Å². The molecular weight excluding hydrogens is 518 g/mol. The highest BCUT2D eigenvalue weighted by Crippen LogP contribution is 2.24. The monoisotopic (exact) mass is 554 g/mol. The molecule has 0 aliphatic carbocycles. The Hall–Kier alpha value is -3.79. The first-order chi connectivity index (χ1) is 19.0. The molecule has 0 N–H and O–H groups in total. The molecule has 1 fully saturated rings. The number of hydrogen-bond acceptors (Lipinski definition) is 6. The Kier molecular flexibility index (Phi) is 9.19. The Morgan fingerprint density at radius 1 is 1.00 bits per heavy atom. The van der Waals surface area contributed by atoms with Crippen molar-refractivity contribution in [3.63, 3.8) is 0 Å². The molecule has 0 spiro atoms. The largest absolute Gasteiger partial charge is 0.494 e. The predicted molar refractivity (Wildman–Crippen MR) is 149 cm³/mol. The lowest BCUT2D eigenvalue weighted by atomic mass is 10.1. The van der Waals surface area contributed by atoms with Crippen LogP contribution in [0.15, 0.2) is 53.3 Å². The summed E-state index contributed by atoms with van der Waals surface area (Å²) in [6.07, 6.45) is 0.926. The molecule has 1 aliphatic heterocycles. The topological polar surface area (TPSA) is 76.9 Å². The van der Waals surface area contributed by atoms with Gasteiger partial charge in [0.25, 0.3) is 5.56 Å². The number of carbonyl (C=O) groups excluding carboxylic acids is 1. The van der Waals surface area contributed by atoms with Crippen molar-refractivity contribution in [2.45, 2.75) is 45.8 Å². The van der Waals surface area contributed by atoms with E-state index in [0.29, 0.717) is 36.3 Å². The zero-order valence-corrected chi connectivity index (χ0v) is 23.5. The molecule has 1 aromatic heterocycles. The van der Waals surface area contributed by atoms with Crippen LogP contribution in [0.1, 0.15) is 38.3 Å². The van der Waals surface area contributed by atoms with E-state index in [-0.39, 0.29) is 29.8 Å². The van der Waals surface area contributed by atoms with E-state index < -0.39 is 11.4 Å². The van der Waals surface area contributed by atoms with Crippen molar-refractivity contribution in [2.24, 2.45) is 0 Å². The summed E-state index contributed by atoms with van der Waals surface area (Å²) in [6, 6.07) is 12.2. The minimum absolute atomic E-state index is 0.121. The number of hydrogen-bond donors (Lipinski definition) is 0. The first kappa shape index (κ1) is 29.2. The van der Waals surface area contributed by atoms with Gasteiger partial charge >= 0.3 is 6.09 Å². The van der Waals surface area contributed by atoms with E-state index in [4.69, 9.17) is 9.47 Å². The van der Waals surface area contributed by atoms with Crippen molar-refractivity contribution < 1.29 is 23.0 Å². The van der Waals surface area contributed by atoms with Crippen LogP contribution in [0, 0.1) is 11.6 Å². The third kappa shape index (κ3) is 7.65. The second kappa shape index (κ2) is 12.6. The lowest BCUT2D eigenvalue weighted by molar-refractivity contribution is 0.0144. The van der Waals surface area contributed by atoms with Crippen LogP contribution in [0.4, 0.5) is 13.6 Å². The fraction of sp³-hybridized carbons (Fsp3) is 0.433. The smallest absolute Gasteiger partial charge is 0.410 e. The van der Waals surface area contributed by atoms with E-state index in [0.717, 1.165) is 31.6 Å².